The zero-order chi connectivity index (χ0) is 10.5. The van der Waals surface area contributed by atoms with Gasteiger partial charge in [-0.1, -0.05) is 17.7 Å². The van der Waals surface area contributed by atoms with Crippen molar-refractivity contribution in [3.05, 3.63) is 29.8 Å². The van der Waals surface area contributed by atoms with Crippen molar-refractivity contribution in [2.45, 2.75) is 19.8 Å². The van der Waals surface area contributed by atoms with Crippen LogP contribution in [0.2, 0.25) is 0 Å². The fourth-order valence-corrected chi connectivity index (χ4v) is 1.94. The number of rotatable bonds is 4. The van der Waals surface area contributed by atoms with Crippen molar-refractivity contribution < 1.29 is 4.74 Å². The SMILES string of the molecule is Cc1ccc(OCC[C@@H]2CCNC2)cc1. The van der Waals surface area contributed by atoms with Crippen molar-refractivity contribution in [2.75, 3.05) is 19.7 Å². The predicted molar refractivity (Wildman–Crippen MR) is 62.3 cm³/mol. The molecular weight excluding hydrogens is 186 g/mol. The third kappa shape index (κ3) is 3.24. The smallest absolute Gasteiger partial charge is 0.119 e. The molecule has 1 aliphatic heterocycles. The molecule has 1 atom stereocenters. The summed E-state index contributed by atoms with van der Waals surface area (Å²) in [6, 6.07) is 8.27. The Morgan fingerprint density at radius 1 is 1.33 bits per heavy atom. The molecule has 2 nitrogen and oxygen atoms in total. The molecule has 1 aromatic carbocycles. The van der Waals surface area contributed by atoms with E-state index >= 15 is 0 Å². The number of aryl methyl sites for hydroxylation is 1. The molecule has 1 saturated heterocycles. The number of nitrogens with one attached hydrogen (secondary N) is 1. The zero-order valence-electron chi connectivity index (χ0n) is 9.33. The quantitative estimate of drug-likeness (QED) is 0.815. The Kier molecular flexibility index (Phi) is 3.62. The summed E-state index contributed by atoms with van der Waals surface area (Å²) in [5.41, 5.74) is 1.28. The predicted octanol–water partition coefficient (Wildman–Crippen LogP) is 2.37. The van der Waals surface area contributed by atoms with E-state index in [1.165, 1.54) is 24.9 Å². The molecule has 0 aromatic heterocycles. The van der Waals surface area contributed by atoms with Gasteiger partial charge in [-0.25, -0.2) is 0 Å². The van der Waals surface area contributed by atoms with E-state index in [4.69, 9.17) is 4.74 Å². The van der Waals surface area contributed by atoms with Crippen LogP contribution in [0.5, 0.6) is 5.75 Å². The van der Waals surface area contributed by atoms with Crippen molar-refractivity contribution in [3.63, 3.8) is 0 Å². The molecule has 0 amide bonds. The third-order valence-corrected chi connectivity index (χ3v) is 2.98. The molecular formula is C13H19NO. The molecule has 15 heavy (non-hydrogen) atoms. The number of benzene rings is 1. The van der Waals surface area contributed by atoms with Gasteiger partial charge >= 0.3 is 0 Å². The van der Waals surface area contributed by atoms with E-state index in [9.17, 15) is 0 Å². The van der Waals surface area contributed by atoms with Crippen LogP contribution in [-0.4, -0.2) is 19.7 Å². The Labute approximate surface area is 91.6 Å². The molecule has 1 fully saturated rings. The van der Waals surface area contributed by atoms with Gasteiger partial charge in [0.2, 0.25) is 0 Å². The van der Waals surface area contributed by atoms with E-state index in [1.807, 2.05) is 12.1 Å². The van der Waals surface area contributed by atoms with Crippen molar-refractivity contribution in [1.29, 1.82) is 0 Å². The molecule has 1 heterocycles. The maximum absolute atomic E-state index is 5.70. The summed E-state index contributed by atoms with van der Waals surface area (Å²) in [6.45, 7) is 5.27. The van der Waals surface area contributed by atoms with E-state index in [0.717, 1.165) is 24.8 Å². The van der Waals surface area contributed by atoms with Gasteiger partial charge in [0.25, 0.3) is 0 Å². The van der Waals surface area contributed by atoms with Crippen LogP contribution in [0.25, 0.3) is 0 Å². The molecule has 0 aliphatic carbocycles. The first-order chi connectivity index (χ1) is 7.34. The lowest BCUT2D eigenvalue weighted by molar-refractivity contribution is 0.283. The average Bonchev–Trinajstić information content (AvgIpc) is 2.74. The number of ether oxygens (including phenoxy) is 1. The molecule has 2 rings (SSSR count). The van der Waals surface area contributed by atoms with Gasteiger partial charge in [-0.15, -0.1) is 0 Å². The Hall–Kier alpha value is -1.02. The lowest BCUT2D eigenvalue weighted by Gasteiger charge is -2.09. The minimum Gasteiger partial charge on any atom is -0.494 e. The summed E-state index contributed by atoms with van der Waals surface area (Å²) in [5, 5.41) is 3.37. The fraction of sp³-hybridized carbons (Fsp3) is 0.538. The molecule has 0 unspecified atom stereocenters. The number of hydrogen-bond donors (Lipinski definition) is 1. The van der Waals surface area contributed by atoms with Crippen LogP contribution in [0, 0.1) is 12.8 Å². The Bertz CT molecular complexity index is 288. The standard InChI is InChI=1S/C13H19NO/c1-11-2-4-13(5-3-11)15-9-7-12-6-8-14-10-12/h2-5,12,14H,6-10H2,1H3/t12-/m0/s1. The zero-order valence-corrected chi connectivity index (χ0v) is 9.33. The highest BCUT2D eigenvalue weighted by atomic mass is 16.5. The normalized spacial score (nSPS) is 20.5. The van der Waals surface area contributed by atoms with Gasteiger partial charge in [-0.2, -0.15) is 0 Å². The maximum atomic E-state index is 5.70. The second-order valence-corrected chi connectivity index (χ2v) is 4.31. The molecule has 0 radical (unpaired) electrons. The summed E-state index contributed by atoms with van der Waals surface area (Å²) in [7, 11) is 0. The van der Waals surface area contributed by atoms with Crippen molar-refractivity contribution >= 4 is 0 Å². The van der Waals surface area contributed by atoms with Gasteiger partial charge in [0.15, 0.2) is 0 Å². The first kappa shape index (κ1) is 10.5. The van der Waals surface area contributed by atoms with Crippen LogP contribution >= 0.6 is 0 Å². The molecule has 1 aliphatic rings. The molecule has 0 saturated carbocycles. The minimum atomic E-state index is 0.815. The second kappa shape index (κ2) is 5.17. The summed E-state index contributed by atoms with van der Waals surface area (Å²) >= 11 is 0. The largest absolute Gasteiger partial charge is 0.494 e. The van der Waals surface area contributed by atoms with Crippen molar-refractivity contribution in [2.24, 2.45) is 5.92 Å². The van der Waals surface area contributed by atoms with E-state index < -0.39 is 0 Å². The van der Waals surface area contributed by atoms with Crippen LogP contribution in [0.3, 0.4) is 0 Å². The Morgan fingerprint density at radius 2 is 2.13 bits per heavy atom. The average molecular weight is 205 g/mol. The van der Waals surface area contributed by atoms with Gasteiger partial charge in [-0.3, -0.25) is 0 Å². The first-order valence-electron chi connectivity index (χ1n) is 5.75. The Balaban J connectivity index is 1.71. The maximum Gasteiger partial charge on any atom is 0.119 e. The summed E-state index contributed by atoms with van der Waals surface area (Å²) < 4.78 is 5.70. The summed E-state index contributed by atoms with van der Waals surface area (Å²) in [4.78, 5) is 0. The van der Waals surface area contributed by atoms with E-state index in [2.05, 4.69) is 24.4 Å². The summed E-state index contributed by atoms with van der Waals surface area (Å²) in [5.74, 6) is 1.81. The molecule has 1 N–H and O–H groups in total. The van der Waals surface area contributed by atoms with Crippen LogP contribution in [0.4, 0.5) is 0 Å². The van der Waals surface area contributed by atoms with Crippen LogP contribution in [0.15, 0.2) is 24.3 Å². The highest BCUT2D eigenvalue weighted by molar-refractivity contribution is 5.26. The Morgan fingerprint density at radius 3 is 2.80 bits per heavy atom. The summed E-state index contributed by atoms with van der Waals surface area (Å²) in [6.07, 6.45) is 2.47. The van der Waals surface area contributed by atoms with Gasteiger partial charge in [0, 0.05) is 0 Å². The van der Waals surface area contributed by atoms with Gasteiger partial charge < -0.3 is 10.1 Å². The lowest BCUT2D eigenvalue weighted by atomic mass is 10.1. The molecule has 0 bridgehead atoms. The molecule has 2 heteroatoms. The van der Waals surface area contributed by atoms with Crippen molar-refractivity contribution in [1.82, 2.24) is 5.32 Å². The lowest BCUT2D eigenvalue weighted by Crippen LogP contribution is -2.11. The van der Waals surface area contributed by atoms with E-state index in [1.54, 1.807) is 0 Å². The van der Waals surface area contributed by atoms with Crippen LogP contribution in [-0.2, 0) is 0 Å². The second-order valence-electron chi connectivity index (χ2n) is 4.31. The van der Waals surface area contributed by atoms with Crippen molar-refractivity contribution in [3.8, 4) is 5.75 Å². The van der Waals surface area contributed by atoms with E-state index in [0.29, 0.717) is 0 Å². The van der Waals surface area contributed by atoms with Crippen LogP contribution < -0.4 is 10.1 Å². The minimum absolute atomic E-state index is 0.815. The number of hydrogen-bond acceptors (Lipinski definition) is 2. The van der Waals surface area contributed by atoms with Crippen LogP contribution in [0.1, 0.15) is 18.4 Å². The van der Waals surface area contributed by atoms with E-state index in [-0.39, 0.29) is 0 Å². The molecule has 0 spiro atoms. The highest BCUT2D eigenvalue weighted by Gasteiger charge is 2.13. The highest BCUT2D eigenvalue weighted by Crippen LogP contribution is 2.15. The van der Waals surface area contributed by atoms with Gasteiger partial charge in [-0.05, 0) is 50.9 Å². The van der Waals surface area contributed by atoms with Gasteiger partial charge in [0.05, 0.1) is 6.61 Å². The third-order valence-electron chi connectivity index (χ3n) is 2.98. The molecule has 82 valence electrons. The fourth-order valence-electron chi connectivity index (χ4n) is 1.94. The monoisotopic (exact) mass is 205 g/mol. The molecule has 1 aromatic rings. The van der Waals surface area contributed by atoms with Gasteiger partial charge in [0.1, 0.15) is 5.75 Å². The topological polar surface area (TPSA) is 21.3 Å². The first-order valence-corrected chi connectivity index (χ1v) is 5.75.